The molecule has 7 heteroatoms. The fourth-order valence-corrected chi connectivity index (χ4v) is 1.38. The minimum absolute atomic E-state index is 0.163. The van der Waals surface area contributed by atoms with Crippen molar-refractivity contribution < 1.29 is 9.52 Å². The van der Waals surface area contributed by atoms with Crippen molar-refractivity contribution in [3.8, 4) is 17.5 Å². The average Bonchev–Trinajstić information content (AvgIpc) is 2.82. The zero-order valence-electron chi connectivity index (χ0n) is 7.99. The van der Waals surface area contributed by atoms with Gasteiger partial charge in [0.1, 0.15) is 5.82 Å². The van der Waals surface area contributed by atoms with Crippen LogP contribution in [0.4, 0.5) is 5.82 Å². The Labute approximate surface area is 89.2 Å². The topological polar surface area (TPSA) is 102 Å². The van der Waals surface area contributed by atoms with Gasteiger partial charge in [-0.2, -0.15) is 14.5 Å². The number of nitrogen functional groups attached to an aromatic ring is 1. The van der Waals surface area contributed by atoms with Crippen LogP contribution >= 0.6 is 0 Å². The molecule has 0 spiro atoms. The maximum absolute atomic E-state index is 11.1. The van der Waals surface area contributed by atoms with Crippen molar-refractivity contribution in [1.29, 1.82) is 0 Å². The number of nitrogens with two attached hydrogens (primary N) is 1. The van der Waals surface area contributed by atoms with Gasteiger partial charge < -0.3 is 10.2 Å². The standard InChI is InChI=1S/C9H6N5O2/c10-6-4-7(15)11-9-12-8(13-14(6)9)5-2-1-3-16-5/h1-4H,10H2. The fourth-order valence-electron chi connectivity index (χ4n) is 1.38. The van der Waals surface area contributed by atoms with Crippen LogP contribution in [0.3, 0.4) is 0 Å². The van der Waals surface area contributed by atoms with Gasteiger partial charge in [0.2, 0.25) is 5.82 Å². The first-order chi connectivity index (χ1) is 7.74. The van der Waals surface area contributed by atoms with Crippen molar-refractivity contribution in [1.82, 2.24) is 19.6 Å². The highest BCUT2D eigenvalue weighted by Gasteiger charge is 2.12. The van der Waals surface area contributed by atoms with Crippen LogP contribution in [0.25, 0.3) is 17.4 Å². The van der Waals surface area contributed by atoms with Gasteiger partial charge in [-0.1, -0.05) is 0 Å². The molecule has 0 aliphatic rings. The number of aromatic nitrogens is 4. The lowest BCUT2D eigenvalue weighted by molar-refractivity contribution is 0.338. The Morgan fingerprint density at radius 1 is 1.38 bits per heavy atom. The zero-order chi connectivity index (χ0) is 11.1. The van der Waals surface area contributed by atoms with Gasteiger partial charge in [-0.05, 0) is 12.1 Å². The average molecular weight is 216 g/mol. The predicted molar refractivity (Wildman–Crippen MR) is 53.0 cm³/mol. The number of fused-ring (bicyclic) bond motifs is 1. The number of hydrogen-bond donors (Lipinski definition) is 1. The van der Waals surface area contributed by atoms with Crippen LogP contribution in [0, 0.1) is 0 Å². The summed E-state index contributed by atoms with van der Waals surface area (Å²) in [5.74, 6) is 0.757. The van der Waals surface area contributed by atoms with Gasteiger partial charge in [-0.25, -0.2) is 0 Å². The summed E-state index contributed by atoms with van der Waals surface area (Å²) in [6, 6.07) is 4.62. The van der Waals surface area contributed by atoms with Gasteiger partial charge in [0.05, 0.1) is 6.26 Å². The van der Waals surface area contributed by atoms with Crippen molar-refractivity contribution in [3.05, 3.63) is 24.5 Å². The molecule has 3 aromatic rings. The maximum Gasteiger partial charge on any atom is 0.276 e. The summed E-state index contributed by atoms with van der Waals surface area (Å²) in [6.45, 7) is 0. The maximum atomic E-state index is 11.1. The number of anilines is 1. The minimum Gasteiger partial charge on any atom is -0.461 e. The Bertz CT molecular complexity index is 643. The molecule has 0 aromatic carbocycles. The first-order valence-corrected chi connectivity index (χ1v) is 4.48. The first-order valence-electron chi connectivity index (χ1n) is 4.48. The molecule has 79 valence electrons. The summed E-state index contributed by atoms with van der Waals surface area (Å²) in [6.07, 6.45) is 1.51. The van der Waals surface area contributed by atoms with Gasteiger partial charge in [-0.15, -0.1) is 5.10 Å². The van der Waals surface area contributed by atoms with E-state index in [9.17, 15) is 5.11 Å². The Morgan fingerprint density at radius 3 is 3.00 bits per heavy atom. The van der Waals surface area contributed by atoms with E-state index in [0.717, 1.165) is 0 Å². The molecule has 0 fully saturated rings. The molecule has 3 heterocycles. The van der Waals surface area contributed by atoms with E-state index in [0.29, 0.717) is 11.6 Å². The molecule has 16 heavy (non-hydrogen) atoms. The van der Waals surface area contributed by atoms with E-state index in [1.165, 1.54) is 16.8 Å². The Kier molecular flexibility index (Phi) is 1.61. The lowest BCUT2D eigenvalue weighted by Crippen LogP contribution is -1.99. The van der Waals surface area contributed by atoms with E-state index in [1.54, 1.807) is 12.1 Å². The molecule has 3 aromatic heterocycles. The molecular weight excluding hydrogens is 210 g/mol. The van der Waals surface area contributed by atoms with Crippen molar-refractivity contribution >= 4 is 11.6 Å². The number of nitrogens with zero attached hydrogens (tertiary/aromatic N) is 4. The molecule has 0 aliphatic carbocycles. The smallest absolute Gasteiger partial charge is 0.276 e. The van der Waals surface area contributed by atoms with Crippen LogP contribution in [0.5, 0.6) is 5.88 Å². The molecule has 0 saturated heterocycles. The summed E-state index contributed by atoms with van der Waals surface area (Å²) in [4.78, 5) is 7.72. The first kappa shape index (κ1) is 8.72. The molecule has 0 atom stereocenters. The summed E-state index contributed by atoms with van der Waals surface area (Å²) < 4.78 is 6.43. The Morgan fingerprint density at radius 2 is 2.25 bits per heavy atom. The third kappa shape index (κ3) is 1.18. The lowest BCUT2D eigenvalue weighted by Gasteiger charge is -1.94. The molecular formula is C9H6N5O2. The van der Waals surface area contributed by atoms with Gasteiger partial charge in [0.25, 0.3) is 11.7 Å². The molecule has 3 rings (SSSR count). The highest BCUT2D eigenvalue weighted by Crippen LogP contribution is 2.19. The quantitative estimate of drug-likeness (QED) is 0.656. The van der Waals surface area contributed by atoms with Gasteiger partial charge in [-0.3, -0.25) is 5.11 Å². The van der Waals surface area contributed by atoms with Crippen LogP contribution < -0.4 is 5.73 Å². The Balaban J connectivity index is 2.27. The van der Waals surface area contributed by atoms with Crippen LogP contribution in [0.2, 0.25) is 0 Å². The molecule has 0 aliphatic heterocycles. The molecule has 0 amide bonds. The van der Waals surface area contributed by atoms with E-state index < -0.39 is 5.88 Å². The number of hydrogen-bond acceptors (Lipinski definition) is 5. The zero-order valence-corrected chi connectivity index (χ0v) is 7.99. The third-order valence-electron chi connectivity index (χ3n) is 2.06. The van der Waals surface area contributed by atoms with E-state index in [1.807, 2.05) is 0 Å². The highest BCUT2D eigenvalue weighted by molar-refractivity contribution is 5.52. The van der Waals surface area contributed by atoms with E-state index in [2.05, 4.69) is 15.1 Å². The fraction of sp³-hybridized carbons (Fsp3) is 0. The molecule has 2 N–H and O–H groups in total. The summed E-state index contributed by atoms with van der Waals surface area (Å²) in [7, 11) is 0. The van der Waals surface area contributed by atoms with Crippen molar-refractivity contribution in [2.45, 2.75) is 0 Å². The number of furan rings is 1. The van der Waals surface area contributed by atoms with Crippen molar-refractivity contribution in [3.63, 3.8) is 0 Å². The van der Waals surface area contributed by atoms with E-state index >= 15 is 0 Å². The molecule has 0 bridgehead atoms. The van der Waals surface area contributed by atoms with Crippen LogP contribution in [-0.2, 0) is 5.11 Å². The molecule has 0 unspecified atom stereocenters. The molecule has 0 saturated carbocycles. The highest BCUT2D eigenvalue weighted by atomic mass is 16.3. The second-order valence-electron chi connectivity index (χ2n) is 3.14. The number of rotatable bonds is 1. The van der Waals surface area contributed by atoms with Gasteiger partial charge in [0, 0.05) is 6.07 Å². The van der Waals surface area contributed by atoms with Crippen LogP contribution in [-0.4, -0.2) is 19.6 Å². The van der Waals surface area contributed by atoms with Gasteiger partial charge >= 0.3 is 0 Å². The van der Waals surface area contributed by atoms with E-state index in [-0.39, 0.29) is 11.6 Å². The van der Waals surface area contributed by atoms with Crippen molar-refractivity contribution in [2.75, 3.05) is 5.73 Å². The molecule has 1 radical (unpaired) electrons. The second kappa shape index (κ2) is 2.96. The summed E-state index contributed by atoms with van der Waals surface area (Å²) >= 11 is 0. The normalized spacial score (nSPS) is 11.0. The molecule has 7 nitrogen and oxygen atoms in total. The largest absolute Gasteiger partial charge is 0.461 e. The van der Waals surface area contributed by atoms with Gasteiger partial charge in [0.15, 0.2) is 5.76 Å². The monoisotopic (exact) mass is 216 g/mol. The Hall–Kier alpha value is -2.57. The summed E-state index contributed by atoms with van der Waals surface area (Å²) in [5, 5.41) is 15.2. The van der Waals surface area contributed by atoms with Crippen LogP contribution in [0.15, 0.2) is 28.9 Å². The van der Waals surface area contributed by atoms with Crippen molar-refractivity contribution in [2.24, 2.45) is 0 Å². The summed E-state index contributed by atoms with van der Waals surface area (Å²) in [5.41, 5.74) is 5.61. The van der Waals surface area contributed by atoms with Crippen LogP contribution in [0.1, 0.15) is 0 Å². The SMILES string of the molecule is Nc1cc([O])nc2nc(-c3ccco3)nn12. The predicted octanol–water partition coefficient (Wildman–Crippen LogP) is 1.11. The minimum atomic E-state index is -0.441. The lowest BCUT2D eigenvalue weighted by atomic mass is 10.4. The van der Waals surface area contributed by atoms with E-state index in [4.69, 9.17) is 10.2 Å². The third-order valence-corrected chi connectivity index (χ3v) is 2.06. The second-order valence-corrected chi connectivity index (χ2v) is 3.14.